The minimum Gasteiger partial charge on any atom is -0.493 e. The Hall–Kier alpha value is -4.12. The highest BCUT2D eigenvalue weighted by atomic mass is 32.2. The molecule has 3 aromatic carbocycles. The normalized spacial score (nSPS) is 10.8. The zero-order valence-corrected chi connectivity index (χ0v) is 18.6. The summed E-state index contributed by atoms with van der Waals surface area (Å²) in [7, 11) is -1.28. The number of nitrogens with zero attached hydrogens (tertiary/aromatic N) is 2. The Morgan fingerprint density at radius 2 is 1.67 bits per heavy atom. The van der Waals surface area contributed by atoms with Crippen molar-refractivity contribution in [2.75, 3.05) is 30.4 Å². The minimum absolute atomic E-state index is 0.0112. The summed E-state index contributed by atoms with van der Waals surface area (Å²) in [6.07, 6.45) is 0. The quantitative estimate of drug-likeness (QED) is 0.374. The first kappa shape index (κ1) is 23.5. The van der Waals surface area contributed by atoms with E-state index in [1.54, 1.807) is 18.2 Å². The molecule has 0 aromatic heterocycles. The second-order valence-electron chi connectivity index (χ2n) is 6.72. The smallest absolute Gasteiger partial charge is 0.271 e. The molecule has 1 amide bonds. The van der Waals surface area contributed by atoms with Crippen molar-refractivity contribution in [3.63, 3.8) is 0 Å². The van der Waals surface area contributed by atoms with Gasteiger partial charge >= 0.3 is 0 Å². The van der Waals surface area contributed by atoms with Crippen LogP contribution < -0.4 is 19.1 Å². The van der Waals surface area contributed by atoms with Gasteiger partial charge in [0, 0.05) is 23.9 Å². The number of anilines is 2. The number of hydrogen-bond acceptors (Lipinski definition) is 7. The highest BCUT2D eigenvalue weighted by molar-refractivity contribution is 7.92. The van der Waals surface area contributed by atoms with Crippen molar-refractivity contribution in [3.8, 4) is 11.5 Å². The fourth-order valence-corrected chi connectivity index (χ4v) is 4.48. The van der Waals surface area contributed by atoms with Gasteiger partial charge in [-0.1, -0.05) is 24.3 Å². The Balaban J connectivity index is 1.98. The molecule has 10 nitrogen and oxygen atoms in total. The molecule has 0 atom stereocenters. The largest absolute Gasteiger partial charge is 0.493 e. The van der Waals surface area contributed by atoms with Crippen LogP contribution in [-0.4, -0.2) is 40.0 Å². The Morgan fingerprint density at radius 3 is 2.30 bits per heavy atom. The summed E-state index contributed by atoms with van der Waals surface area (Å²) >= 11 is 0. The molecule has 33 heavy (non-hydrogen) atoms. The summed E-state index contributed by atoms with van der Waals surface area (Å²) in [6.45, 7) is -0.588. The van der Waals surface area contributed by atoms with E-state index in [0.29, 0.717) is 5.75 Å². The number of amides is 1. The lowest BCUT2D eigenvalue weighted by Crippen LogP contribution is -2.38. The Labute approximate surface area is 190 Å². The molecular weight excluding hydrogens is 450 g/mol. The number of ether oxygens (including phenoxy) is 2. The summed E-state index contributed by atoms with van der Waals surface area (Å²) in [5.41, 5.74) is 0.130. The summed E-state index contributed by atoms with van der Waals surface area (Å²) in [5.74, 6) is -0.0218. The topological polar surface area (TPSA) is 128 Å². The molecule has 0 radical (unpaired) electrons. The molecule has 0 fully saturated rings. The monoisotopic (exact) mass is 471 g/mol. The molecule has 0 heterocycles. The predicted octanol–water partition coefficient (Wildman–Crippen LogP) is 3.45. The Morgan fingerprint density at radius 1 is 0.970 bits per heavy atom. The fraction of sp³-hybridized carbons (Fsp3) is 0.136. The van der Waals surface area contributed by atoms with Crippen LogP contribution in [0.4, 0.5) is 17.1 Å². The van der Waals surface area contributed by atoms with Crippen LogP contribution in [-0.2, 0) is 14.8 Å². The van der Waals surface area contributed by atoms with Crippen LogP contribution in [0, 0.1) is 10.1 Å². The molecule has 0 bridgehead atoms. The van der Waals surface area contributed by atoms with Crippen molar-refractivity contribution in [2.24, 2.45) is 0 Å². The second-order valence-corrected chi connectivity index (χ2v) is 8.58. The first-order valence-corrected chi connectivity index (χ1v) is 11.0. The van der Waals surface area contributed by atoms with Crippen molar-refractivity contribution in [3.05, 3.63) is 82.9 Å². The van der Waals surface area contributed by atoms with Gasteiger partial charge < -0.3 is 14.8 Å². The summed E-state index contributed by atoms with van der Waals surface area (Å²) < 4.78 is 38.2. The van der Waals surface area contributed by atoms with Crippen LogP contribution in [0.3, 0.4) is 0 Å². The predicted molar refractivity (Wildman–Crippen MR) is 122 cm³/mol. The third kappa shape index (κ3) is 5.39. The van der Waals surface area contributed by atoms with Crippen LogP contribution in [0.1, 0.15) is 0 Å². The fourth-order valence-electron chi connectivity index (χ4n) is 3.04. The van der Waals surface area contributed by atoms with Gasteiger partial charge in [0.1, 0.15) is 6.54 Å². The lowest BCUT2D eigenvalue weighted by Gasteiger charge is -2.25. The number of carbonyl (C=O) groups excluding carboxylic acids is 1. The molecule has 0 aliphatic heterocycles. The number of carbonyl (C=O) groups is 1. The van der Waals surface area contributed by atoms with E-state index in [9.17, 15) is 23.3 Å². The molecule has 0 aliphatic rings. The molecule has 3 aromatic rings. The van der Waals surface area contributed by atoms with E-state index < -0.39 is 27.4 Å². The molecule has 0 aliphatic carbocycles. The van der Waals surface area contributed by atoms with Gasteiger partial charge in [-0.15, -0.1) is 0 Å². The number of nitro benzene ring substituents is 1. The number of benzene rings is 3. The molecule has 1 N–H and O–H groups in total. The molecule has 0 saturated carbocycles. The van der Waals surface area contributed by atoms with Crippen LogP contribution in [0.2, 0.25) is 0 Å². The van der Waals surface area contributed by atoms with Crippen molar-refractivity contribution >= 4 is 33.0 Å². The molecule has 0 unspecified atom stereocenters. The lowest BCUT2D eigenvalue weighted by atomic mass is 10.2. The van der Waals surface area contributed by atoms with Gasteiger partial charge in [0.05, 0.1) is 29.7 Å². The van der Waals surface area contributed by atoms with E-state index >= 15 is 0 Å². The standard InChI is InChI=1S/C22H21N3O7S/c1-31-20-12-11-17(14-21(20)32-2)24(33(29,30)19-9-4-3-5-10-19)15-22(26)23-16-7-6-8-18(13-16)25(27)28/h3-14H,15H2,1-2H3,(H,23,26). The zero-order valence-electron chi connectivity index (χ0n) is 17.8. The number of nitrogens with one attached hydrogen (secondary N) is 1. The van der Waals surface area contributed by atoms with Crippen molar-refractivity contribution in [2.45, 2.75) is 4.90 Å². The van der Waals surface area contributed by atoms with Crippen LogP contribution in [0.25, 0.3) is 0 Å². The number of hydrogen-bond donors (Lipinski definition) is 1. The maximum Gasteiger partial charge on any atom is 0.271 e. The van der Waals surface area contributed by atoms with E-state index in [1.165, 1.54) is 68.8 Å². The van der Waals surface area contributed by atoms with Crippen molar-refractivity contribution < 1.29 is 27.6 Å². The number of rotatable bonds is 9. The van der Waals surface area contributed by atoms with Gasteiger partial charge in [-0.3, -0.25) is 19.2 Å². The third-order valence-electron chi connectivity index (χ3n) is 4.61. The highest BCUT2D eigenvalue weighted by Crippen LogP contribution is 2.33. The SMILES string of the molecule is COc1ccc(N(CC(=O)Nc2cccc([N+](=O)[O-])c2)S(=O)(=O)c2ccccc2)cc1OC. The highest BCUT2D eigenvalue weighted by Gasteiger charge is 2.28. The summed E-state index contributed by atoms with van der Waals surface area (Å²) in [4.78, 5) is 23.2. The van der Waals surface area contributed by atoms with Gasteiger partial charge in [0.2, 0.25) is 5.91 Å². The maximum atomic E-state index is 13.4. The average molecular weight is 471 g/mol. The van der Waals surface area contributed by atoms with E-state index in [0.717, 1.165) is 4.31 Å². The van der Waals surface area contributed by atoms with E-state index in [1.807, 2.05) is 0 Å². The van der Waals surface area contributed by atoms with Gasteiger partial charge in [-0.05, 0) is 30.3 Å². The second kappa shape index (κ2) is 10.0. The molecule has 3 rings (SSSR count). The number of non-ortho nitro benzene ring substituents is 1. The van der Waals surface area contributed by atoms with Crippen LogP contribution >= 0.6 is 0 Å². The number of nitro groups is 1. The number of methoxy groups -OCH3 is 2. The van der Waals surface area contributed by atoms with E-state index in [-0.39, 0.29) is 27.7 Å². The third-order valence-corrected chi connectivity index (χ3v) is 6.40. The summed E-state index contributed by atoms with van der Waals surface area (Å²) in [5, 5.41) is 13.5. The van der Waals surface area contributed by atoms with E-state index in [4.69, 9.17) is 9.47 Å². The zero-order chi connectivity index (χ0) is 24.0. The number of sulfonamides is 1. The molecule has 0 saturated heterocycles. The van der Waals surface area contributed by atoms with Crippen LogP contribution in [0.15, 0.2) is 77.7 Å². The molecular formula is C22H21N3O7S. The Kier molecular flexibility index (Phi) is 7.13. The average Bonchev–Trinajstić information content (AvgIpc) is 2.82. The van der Waals surface area contributed by atoms with Gasteiger partial charge in [-0.2, -0.15) is 0 Å². The van der Waals surface area contributed by atoms with Crippen LogP contribution in [0.5, 0.6) is 11.5 Å². The maximum absolute atomic E-state index is 13.4. The van der Waals surface area contributed by atoms with Gasteiger partial charge in [0.25, 0.3) is 15.7 Å². The first-order chi connectivity index (χ1) is 15.8. The van der Waals surface area contributed by atoms with Crippen molar-refractivity contribution in [1.82, 2.24) is 0 Å². The molecule has 0 spiro atoms. The minimum atomic E-state index is -4.14. The van der Waals surface area contributed by atoms with Gasteiger partial charge in [-0.25, -0.2) is 8.42 Å². The van der Waals surface area contributed by atoms with E-state index in [2.05, 4.69) is 5.32 Å². The molecule has 11 heteroatoms. The first-order valence-electron chi connectivity index (χ1n) is 9.60. The molecule has 172 valence electrons. The lowest BCUT2D eigenvalue weighted by molar-refractivity contribution is -0.384. The summed E-state index contributed by atoms with van der Waals surface area (Å²) in [6, 6.07) is 17.5. The Bertz CT molecular complexity index is 1260. The van der Waals surface area contributed by atoms with Gasteiger partial charge in [0.15, 0.2) is 11.5 Å². The van der Waals surface area contributed by atoms with Crippen molar-refractivity contribution in [1.29, 1.82) is 0 Å².